The molecule has 1 unspecified atom stereocenters. The number of hydrogen-bond donors (Lipinski definition) is 2. The minimum Gasteiger partial charge on any atom is -0.489 e. The van der Waals surface area contributed by atoms with Crippen molar-refractivity contribution in [1.82, 2.24) is 5.32 Å². The molecule has 0 bridgehead atoms. The van der Waals surface area contributed by atoms with E-state index < -0.39 is 5.25 Å². The third kappa shape index (κ3) is 4.16. The molecule has 1 saturated heterocycles. The van der Waals surface area contributed by atoms with Gasteiger partial charge in [-0.2, -0.15) is 0 Å². The first kappa shape index (κ1) is 17.0. The SMILES string of the molecule is O=C1NC(=O)C(Cc2ccccc2OCc2ccc([N+](=O)O)cc2)S1. The van der Waals surface area contributed by atoms with Crippen LogP contribution >= 0.6 is 11.8 Å². The molecule has 2 aromatic carbocycles. The number of rotatable bonds is 6. The third-order valence-electron chi connectivity index (χ3n) is 3.70. The van der Waals surface area contributed by atoms with Gasteiger partial charge >= 0.3 is 5.69 Å². The van der Waals surface area contributed by atoms with E-state index in [1.54, 1.807) is 18.2 Å². The van der Waals surface area contributed by atoms with Crippen LogP contribution in [0.15, 0.2) is 48.5 Å². The van der Waals surface area contributed by atoms with Crippen molar-refractivity contribution in [3.63, 3.8) is 0 Å². The Balaban J connectivity index is 1.67. The summed E-state index contributed by atoms with van der Waals surface area (Å²) >= 11 is 0.983. The number of amides is 2. The summed E-state index contributed by atoms with van der Waals surface area (Å²) < 4.78 is 5.82. The predicted molar refractivity (Wildman–Crippen MR) is 90.9 cm³/mol. The summed E-state index contributed by atoms with van der Waals surface area (Å²) in [6.07, 6.45) is 0.396. The van der Waals surface area contributed by atoms with E-state index in [2.05, 4.69) is 5.32 Å². The average Bonchev–Trinajstić information content (AvgIpc) is 2.91. The van der Waals surface area contributed by atoms with Crippen molar-refractivity contribution >= 4 is 28.6 Å². The topological polar surface area (TPSA) is 95.7 Å². The maximum Gasteiger partial charge on any atom is 0.316 e. The molecule has 0 spiro atoms. The second-order valence-electron chi connectivity index (χ2n) is 5.42. The van der Waals surface area contributed by atoms with E-state index in [1.807, 2.05) is 18.2 Å². The number of nitrogens with one attached hydrogen (secondary N) is 1. The lowest BCUT2D eigenvalue weighted by Crippen LogP contribution is -2.25. The van der Waals surface area contributed by atoms with Crippen LogP contribution in [0.5, 0.6) is 5.75 Å². The summed E-state index contributed by atoms with van der Waals surface area (Å²) in [7, 11) is 0. The van der Waals surface area contributed by atoms with Crippen molar-refractivity contribution in [1.29, 1.82) is 0 Å². The van der Waals surface area contributed by atoms with Gasteiger partial charge in [0.25, 0.3) is 10.2 Å². The fourth-order valence-corrected chi connectivity index (χ4v) is 3.27. The molecule has 8 heteroatoms. The number of para-hydroxylation sites is 1. The summed E-state index contributed by atoms with van der Waals surface area (Å²) in [6.45, 7) is 0.268. The standard InChI is InChI=1S/C17H14N2O5S/c20-16-15(25-17(21)18-16)9-12-3-1-2-4-14(12)24-10-11-5-7-13(8-6-11)19(22)23/h1-8,15H,9-10H2,(H-,18,20,21,22,23)/p+1. The first-order valence-electron chi connectivity index (χ1n) is 7.50. The Hall–Kier alpha value is -2.87. The molecule has 1 aliphatic heterocycles. The van der Waals surface area contributed by atoms with Gasteiger partial charge in [-0.25, -0.2) is 5.21 Å². The van der Waals surface area contributed by atoms with E-state index in [0.717, 1.165) is 22.9 Å². The number of hydrogen-bond acceptors (Lipinski definition) is 5. The number of carbonyl (C=O) groups is 2. The molecule has 7 nitrogen and oxygen atoms in total. The van der Waals surface area contributed by atoms with Crippen molar-refractivity contribution in [2.75, 3.05) is 0 Å². The van der Waals surface area contributed by atoms with Gasteiger partial charge in [-0.3, -0.25) is 14.9 Å². The monoisotopic (exact) mass is 359 g/mol. The van der Waals surface area contributed by atoms with Gasteiger partial charge in [-0.15, -0.1) is 0 Å². The molecule has 2 N–H and O–H groups in total. The molecule has 0 aromatic heterocycles. The first-order valence-corrected chi connectivity index (χ1v) is 8.38. The van der Waals surface area contributed by atoms with Crippen molar-refractivity contribution < 1.29 is 24.5 Å². The summed E-state index contributed by atoms with van der Waals surface area (Å²) in [5, 5.41) is 10.3. The second kappa shape index (κ2) is 7.35. The molecule has 1 fully saturated rings. The van der Waals surface area contributed by atoms with Crippen LogP contribution in [0.2, 0.25) is 0 Å². The van der Waals surface area contributed by atoms with Crippen molar-refractivity contribution in [3.05, 3.63) is 64.6 Å². The van der Waals surface area contributed by atoms with Crippen molar-refractivity contribution in [2.24, 2.45) is 0 Å². The molecule has 2 aromatic rings. The van der Waals surface area contributed by atoms with Crippen LogP contribution in [0, 0.1) is 4.91 Å². The van der Waals surface area contributed by atoms with Gasteiger partial charge in [0.1, 0.15) is 12.4 Å². The van der Waals surface area contributed by atoms with E-state index in [1.165, 1.54) is 12.1 Å². The minimum absolute atomic E-state index is 0.137. The number of nitrogens with zero attached hydrogens (tertiary/aromatic N) is 1. The quantitative estimate of drug-likeness (QED) is 0.770. The Labute approximate surface area is 147 Å². The molecule has 128 valence electrons. The molecular weight excluding hydrogens is 344 g/mol. The van der Waals surface area contributed by atoms with Gasteiger partial charge in [0, 0.05) is 12.1 Å². The average molecular weight is 359 g/mol. The summed E-state index contributed by atoms with van der Waals surface area (Å²) in [5.74, 6) is 0.346. The molecule has 1 aliphatic rings. The van der Waals surface area contributed by atoms with Crippen LogP contribution < -0.4 is 10.1 Å². The molecule has 25 heavy (non-hydrogen) atoms. The van der Waals surface area contributed by atoms with E-state index in [-0.39, 0.29) is 28.4 Å². The normalized spacial score (nSPS) is 16.6. The van der Waals surface area contributed by atoms with E-state index in [4.69, 9.17) is 9.94 Å². The lowest BCUT2D eigenvalue weighted by atomic mass is 10.1. The number of benzene rings is 2. The van der Waals surface area contributed by atoms with Crippen LogP contribution in [0.4, 0.5) is 10.5 Å². The molecule has 3 rings (SSSR count). The minimum atomic E-state index is -0.455. The number of imide groups is 1. The number of thioether (sulfide) groups is 1. The van der Waals surface area contributed by atoms with Crippen molar-refractivity contribution in [3.8, 4) is 5.75 Å². The highest BCUT2D eigenvalue weighted by molar-refractivity contribution is 8.15. The van der Waals surface area contributed by atoms with Crippen LogP contribution in [-0.4, -0.2) is 26.5 Å². The highest BCUT2D eigenvalue weighted by Crippen LogP contribution is 2.28. The van der Waals surface area contributed by atoms with Gasteiger partial charge < -0.3 is 4.74 Å². The number of carbonyl (C=O) groups excluding carboxylic acids is 2. The molecular formula is C17H15N2O5S+. The highest BCUT2D eigenvalue weighted by Gasteiger charge is 2.32. The van der Waals surface area contributed by atoms with Crippen LogP contribution in [0.1, 0.15) is 11.1 Å². The van der Waals surface area contributed by atoms with Gasteiger partial charge in [0.2, 0.25) is 5.91 Å². The Morgan fingerprint density at radius 3 is 2.48 bits per heavy atom. The lowest BCUT2D eigenvalue weighted by molar-refractivity contribution is -0.729. The molecule has 1 atom stereocenters. The summed E-state index contributed by atoms with van der Waals surface area (Å²) in [6, 6.07) is 13.7. The van der Waals surface area contributed by atoms with Gasteiger partial charge in [0.15, 0.2) is 0 Å². The maximum absolute atomic E-state index is 11.7. The molecule has 0 saturated carbocycles. The maximum atomic E-state index is 11.7. The molecule has 0 aliphatic carbocycles. The summed E-state index contributed by atoms with van der Waals surface area (Å²) in [4.78, 5) is 33.6. The van der Waals surface area contributed by atoms with E-state index >= 15 is 0 Å². The van der Waals surface area contributed by atoms with Gasteiger partial charge in [-0.1, -0.05) is 30.0 Å². The van der Waals surface area contributed by atoms with Crippen LogP contribution in [0.25, 0.3) is 0 Å². The largest absolute Gasteiger partial charge is 0.489 e. The number of ether oxygens (including phenoxy) is 1. The smallest absolute Gasteiger partial charge is 0.316 e. The second-order valence-corrected chi connectivity index (χ2v) is 6.60. The molecule has 1 heterocycles. The Bertz CT molecular complexity index is 822. The Morgan fingerprint density at radius 2 is 1.84 bits per heavy atom. The third-order valence-corrected chi connectivity index (χ3v) is 4.68. The Morgan fingerprint density at radius 1 is 1.12 bits per heavy atom. The Kier molecular flexibility index (Phi) is 4.99. The van der Waals surface area contributed by atoms with Crippen LogP contribution in [0.3, 0.4) is 0 Å². The van der Waals surface area contributed by atoms with Gasteiger partial charge in [0.05, 0.1) is 10.2 Å². The lowest BCUT2D eigenvalue weighted by Gasteiger charge is -2.13. The fraction of sp³-hybridized carbons (Fsp3) is 0.176. The van der Waals surface area contributed by atoms with Crippen LogP contribution in [-0.2, 0) is 17.8 Å². The molecule has 2 amide bonds. The predicted octanol–water partition coefficient (Wildman–Crippen LogP) is 2.96. The summed E-state index contributed by atoms with van der Waals surface area (Å²) in [5.41, 5.74) is 1.80. The van der Waals surface area contributed by atoms with Crippen molar-refractivity contribution in [2.45, 2.75) is 18.3 Å². The first-order chi connectivity index (χ1) is 12.0. The fourth-order valence-electron chi connectivity index (χ4n) is 2.42. The highest BCUT2D eigenvalue weighted by atomic mass is 32.2. The molecule has 0 radical (unpaired) electrons. The van der Waals surface area contributed by atoms with E-state index in [0.29, 0.717) is 12.2 Å². The zero-order valence-corrected chi connectivity index (χ0v) is 13.9. The zero-order chi connectivity index (χ0) is 17.8. The zero-order valence-electron chi connectivity index (χ0n) is 13.0. The van der Waals surface area contributed by atoms with E-state index in [9.17, 15) is 14.5 Å². The van der Waals surface area contributed by atoms with Gasteiger partial charge in [-0.05, 0) is 35.7 Å².